The Morgan fingerprint density at radius 3 is 1.86 bits per heavy atom. The van der Waals surface area contributed by atoms with Crippen molar-refractivity contribution in [3.05, 3.63) is 0 Å². The first-order chi connectivity index (χ1) is 3.06. The highest BCUT2D eigenvalue weighted by molar-refractivity contribution is 6.51. The van der Waals surface area contributed by atoms with Gasteiger partial charge in [-0.25, -0.2) is 0 Å². The Labute approximate surface area is 47.6 Å². The van der Waals surface area contributed by atoms with Gasteiger partial charge in [0.15, 0.2) is 0 Å². The highest BCUT2D eigenvalue weighted by Crippen LogP contribution is 2.05. The molecule has 0 atom stereocenters. The molecule has 0 amide bonds. The van der Waals surface area contributed by atoms with E-state index in [0.29, 0.717) is 5.41 Å². The third kappa shape index (κ3) is 5.96. The van der Waals surface area contributed by atoms with E-state index in [4.69, 9.17) is 0 Å². The van der Waals surface area contributed by atoms with Crippen molar-refractivity contribution in [2.75, 3.05) is 0 Å². The fourth-order valence-electron chi connectivity index (χ4n) is 0.306. The molecule has 0 unspecified atom stereocenters. The molecule has 7 heavy (non-hydrogen) atoms. The van der Waals surface area contributed by atoms with E-state index in [1.807, 2.05) is 0 Å². The first-order valence-electron chi connectivity index (χ1n) is 2.43. The summed E-state index contributed by atoms with van der Waals surface area (Å²) in [5, 5.41) is 0. The van der Waals surface area contributed by atoms with Crippen LogP contribution in [-0.4, -0.2) is 20.6 Å². The lowest BCUT2D eigenvalue weighted by Gasteiger charge is -2.08. The van der Waals surface area contributed by atoms with E-state index in [1.165, 1.54) is 0 Å². The average molecular weight is 112 g/mol. The van der Waals surface area contributed by atoms with E-state index in [1.54, 1.807) is 0 Å². The van der Waals surface area contributed by atoms with Crippen molar-refractivity contribution in [2.24, 2.45) is 5.41 Å². The van der Waals surface area contributed by atoms with E-state index in [0.717, 1.165) is 8.74 Å². The molecule has 0 fully saturated rings. The van der Waals surface area contributed by atoms with Crippen molar-refractivity contribution in [3.8, 4) is 0 Å². The summed E-state index contributed by atoms with van der Waals surface area (Å²) >= 11 is 0. The largest absolute Gasteiger partial charge is 0.0843 e. The Balaban J connectivity index is 3.80. The van der Waals surface area contributed by atoms with Crippen LogP contribution in [-0.2, 0) is 0 Å². The monoisotopic (exact) mass is 112 g/mol. The maximum Gasteiger partial charge on any atom is -0.0182 e. The predicted octanol–water partition coefficient (Wildman–Crippen LogP) is 0.971. The van der Waals surface area contributed by atoms with Crippen LogP contribution in [0.4, 0.5) is 0 Å². The quantitative estimate of drug-likeness (QED) is 0.410. The Hall–Kier alpha value is -0.0431. The molecule has 1 heteroatoms. The van der Waals surface area contributed by atoms with Crippen molar-refractivity contribution in [3.63, 3.8) is 0 Å². The molecule has 0 heterocycles. The lowest BCUT2D eigenvalue weighted by atomic mass is 10.0. The average Bonchev–Trinajstić information content (AvgIpc) is 1.30. The number of hydrogen-bond donors (Lipinski definition) is 0. The van der Waals surface area contributed by atoms with Crippen molar-refractivity contribution in [1.29, 1.82) is 0 Å². The van der Waals surface area contributed by atoms with Gasteiger partial charge in [-0.1, -0.05) is 41.4 Å². The molecule has 0 saturated carbocycles. The van der Waals surface area contributed by atoms with Gasteiger partial charge >= 0.3 is 0 Å². The zero-order valence-corrected chi connectivity index (χ0v) is 6.28. The summed E-state index contributed by atoms with van der Waals surface area (Å²) < 4.78 is 0. The maximum atomic E-state index is 3.74. The fraction of sp³-hybridized carbons (Fsp3) is 0.667. The summed E-state index contributed by atoms with van der Waals surface area (Å²) in [6.45, 7) is 6.56. The normalized spacial score (nSPS) is 10.1. The molecule has 0 bridgehead atoms. The van der Waals surface area contributed by atoms with Crippen LogP contribution >= 0.6 is 0 Å². The number of rotatable bonds is 0. The highest BCUT2D eigenvalue weighted by Gasteiger charge is 2.00. The van der Waals surface area contributed by atoms with E-state index in [2.05, 4.69) is 32.6 Å². The molecular formula is C6H12Si. The maximum absolute atomic E-state index is 3.74. The summed E-state index contributed by atoms with van der Waals surface area (Å²) in [7, 11) is 0.734. The van der Waals surface area contributed by atoms with Crippen molar-refractivity contribution in [1.82, 2.24) is 0 Å². The SMILES string of the molecule is C=[Si]=CC(C)(C)C. The molecule has 0 aromatic heterocycles. The molecule has 0 aromatic carbocycles. The minimum Gasteiger partial charge on any atom is -0.0843 e. The van der Waals surface area contributed by atoms with Crippen LogP contribution in [0.15, 0.2) is 0 Å². The molecule has 0 aliphatic rings. The summed E-state index contributed by atoms with van der Waals surface area (Å²) in [6.07, 6.45) is 3.74. The van der Waals surface area contributed by atoms with Gasteiger partial charge in [0.1, 0.15) is 0 Å². The van der Waals surface area contributed by atoms with Gasteiger partial charge in [0.05, 0.1) is 0 Å². The summed E-state index contributed by atoms with van der Waals surface area (Å²) in [5.41, 5.74) is 2.60. The Kier molecular flexibility index (Phi) is 2.30. The zero-order chi connectivity index (χ0) is 5.91. The lowest BCUT2D eigenvalue weighted by molar-refractivity contribution is 0.614. The Morgan fingerprint density at radius 2 is 1.86 bits per heavy atom. The van der Waals surface area contributed by atoms with Crippen LogP contribution < -0.4 is 0 Å². The topological polar surface area (TPSA) is 0 Å². The first kappa shape index (κ1) is 6.96. The van der Waals surface area contributed by atoms with Crippen LogP contribution in [0.3, 0.4) is 0 Å². The van der Waals surface area contributed by atoms with Crippen molar-refractivity contribution >= 4 is 20.6 Å². The summed E-state index contributed by atoms with van der Waals surface area (Å²) in [4.78, 5) is 0. The summed E-state index contributed by atoms with van der Waals surface area (Å²) in [5.74, 6) is 0. The molecule has 0 radical (unpaired) electrons. The molecular weight excluding hydrogens is 100 g/mol. The van der Waals surface area contributed by atoms with Gasteiger partial charge < -0.3 is 0 Å². The van der Waals surface area contributed by atoms with Gasteiger partial charge in [0, 0.05) is 0 Å². The van der Waals surface area contributed by atoms with Crippen LogP contribution in [0.1, 0.15) is 20.8 Å². The van der Waals surface area contributed by atoms with Crippen LogP contribution in [0.5, 0.6) is 0 Å². The van der Waals surface area contributed by atoms with E-state index >= 15 is 0 Å². The molecule has 0 aromatic rings. The Bertz CT molecular complexity index is 91.2. The van der Waals surface area contributed by atoms with Crippen molar-refractivity contribution < 1.29 is 0 Å². The van der Waals surface area contributed by atoms with Gasteiger partial charge in [-0.3, -0.25) is 0 Å². The molecule has 0 N–H and O–H groups in total. The van der Waals surface area contributed by atoms with Crippen LogP contribution in [0.25, 0.3) is 0 Å². The predicted molar refractivity (Wildman–Crippen MR) is 38.4 cm³/mol. The molecule has 0 saturated heterocycles. The number of hydrogen-bond acceptors (Lipinski definition) is 0. The van der Waals surface area contributed by atoms with Crippen LogP contribution in [0, 0.1) is 5.41 Å². The second-order valence-corrected chi connectivity index (χ2v) is 3.41. The molecule has 40 valence electrons. The van der Waals surface area contributed by atoms with Crippen molar-refractivity contribution in [2.45, 2.75) is 20.8 Å². The zero-order valence-electron chi connectivity index (χ0n) is 5.28. The third-order valence-electron chi connectivity index (χ3n) is 0.535. The lowest BCUT2D eigenvalue weighted by Crippen LogP contribution is -2.06. The molecule has 0 rings (SSSR count). The third-order valence-corrected chi connectivity index (χ3v) is 1.61. The van der Waals surface area contributed by atoms with Gasteiger partial charge in [-0.2, -0.15) is 0 Å². The smallest absolute Gasteiger partial charge is 0.0182 e. The second-order valence-electron chi connectivity index (χ2n) is 2.71. The highest BCUT2D eigenvalue weighted by atomic mass is 28.1. The first-order valence-corrected chi connectivity index (χ1v) is 3.72. The minimum absolute atomic E-state index is 0.375. The standard InChI is InChI=1S/C6H12Si/c1-6(2,3)5-7-4/h5H,4H2,1-3H3. The molecule has 0 aliphatic heterocycles. The molecule has 0 spiro atoms. The Morgan fingerprint density at radius 1 is 1.43 bits per heavy atom. The van der Waals surface area contributed by atoms with Gasteiger partial charge in [-0.15, -0.1) is 0 Å². The second kappa shape index (κ2) is 2.31. The van der Waals surface area contributed by atoms with Crippen LogP contribution in [0.2, 0.25) is 0 Å². The van der Waals surface area contributed by atoms with Gasteiger partial charge in [0.2, 0.25) is 0 Å². The fourth-order valence-corrected chi connectivity index (χ4v) is 0.919. The van der Waals surface area contributed by atoms with E-state index in [9.17, 15) is 0 Å². The summed E-state index contributed by atoms with van der Waals surface area (Å²) in [6, 6.07) is 0. The molecule has 0 nitrogen and oxygen atoms in total. The molecule has 0 aliphatic carbocycles. The van der Waals surface area contributed by atoms with Gasteiger partial charge in [0.25, 0.3) is 0 Å². The van der Waals surface area contributed by atoms with Gasteiger partial charge in [-0.05, 0) is 5.41 Å². The minimum atomic E-state index is 0.375. The van der Waals surface area contributed by atoms with E-state index < -0.39 is 0 Å². The van der Waals surface area contributed by atoms with E-state index in [-0.39, 0.29) is 0 Å².